The van der Waals surface area contributed by atoms with Gasteiger partial charge in [-0.2, -0.15) is 0 Å². The third kappa shape index (κ3) is 2.14. The van der Waals surface area contributed by atoms with E-state index in [4.69, 9.17) is 0 Å². The van der Waals surface area contributed by atoms with Crippen LogP contribution in [-0.2, 0) is 43.0 Å². The Bertz CT molecular complexity index is 461. The van der Waals surface area contributed by atoms with Gasteiger partial charge < -0.3 is 0 Å². The minimum absolute atomic E-state index is 0. The maximum atomic E-state index is 10.4. The van der Waals surface area contributed by atoms with Gasteiger partial charge in [0.05, 0.1) is 0 Å². The van der Waals surface area contributed by atoms with Gasteiger partial charge in [-0.3, -0.25) is 0 Å². The van der Waals surface area contributed by atoms with Crippen LogP contribution in [0.5, 0.6) is 0 Å². The van der Waals surface area contributed by atoms with Gasteiger partial charge in [0.2, 0.25) is 0 Å². The number of hydrogen-bond donors (Lipinski definition) is 0. The molecule has 0 aliphatic heterocycles. The van der Waals surface area contributed by atoms with Gasteiger partial charge >= 0.3 is 69.4 Å². The molecule has 0 spiro atoms. The molecule has 3 nitrogen and oxygen atoms in total. The van der Waals surface area contributed by atoms with Crippen molar-refractivity contribution in [3.05, 3.63) is 22.7 Å². The van der Waals surface area contributed by atoms with Gasteiger partial charge in [0.25, 0.3) is 0 Å². The van der Waals surface area contributed by atoms with Crippen LogP contribution in [0.3, 0.4) is 0 Å². The predicted molar refractivity (Wildman–Crippen MR) is 38.9 cm³/mol. The van der Waals surface area contributed by atoms with Crippen molar-refractivity contribution in [2.75, 3.05) is 0 Å². The van der Waals surface area contributed by atoms with E-state index in [1.54, 1.807) is 18.2 Å². The molecule has 0 aromatic heterocycles. The maximum absolute atomic E-state index is 10.4. The number of rotatable bonds is 1. The summed E-state index contributed by atoms with van der Waals surface area (Å²) >= 11 is -3.42. The Morgan fingerprint density at radius 3 is 2.00 bits per heavy atom. The average Bonchev–Trinajstić information content (AvgIpc) is 2.62. The van der Waals surface area contributed by atoms with Gasteiger partial charge in [-0.1, -0.05) is 0 Å². The molecule has 0 bridgehead atoms. The third-order valence-corrected chi connectivity index (χ3v) is 4.10. The number of hydrogen-bond acceptors (Lipinski definition) is 3. The SMILES string of the molecule is O=[C]=[Mn](=[C]=O)(=[C]=O)[C]1=CC=CC1.[Mn]. The second-order valence-corrected chi connectivity index (χ2v) is 5.30. The Morgan fingerprint density at radius 1 is 1.15 bits per heavy atom. The van der Waals surface area contributed by atoms with Crippen molar-refractivity contribution in [1.82, 2.24) is 0 Å². The van der Waals surface area contributed by atoms with Crippen LogP contribution in [0.1, 0.15) is 6.42 Å². The second-order valence-electron chi connectivity index (χ2n) is 2.04. The Kier molecular flexibility index (Phi) is 4.80. The van der Waals surface area contributed by atoms with Crippen LogP contribution in [0.15, 0.2) is 22.7 Å². The summed E-state index contributed by atoms with van der Waals surface area (Å²) in [7, 11) is 0. The summed E-state index contributed by atoms with van der Waals surface area (Å²) in [5.74, 6) is 0. The molecule has 13 heavy (non-hydrogen) atoms. The standard InChI is InChI=1S/C5H5.3CO.2Mn/c1-2-4-5-3-1;3*1-2;;/h1-3H,4H2;;;;;. The first-order valence-corrected chi connectivity index (χ1v) is 5.45. The molecule has 1 aliphatic rings. The average molecular weight is 259 g/mol. The minimum Gasteiger partial charge on any atom is 0 e. The molecule has 0 aromatic carbocycles. The van der Waals surface area contributed by atoms with Crippen molar-refractivity contribution in [3.63, 3.8) is 0 Å². The van der Waals surface area contributed by atoms with Crippen LogP contribution in [0.25, 0.3) is 0 Å². The fourth-order valence-electron chi connectivity index (χ4n) is 0.827. The molecule has 0 amide bonds. The van der Waals surface area contributed by atoms with Gasteiger partial charge in [0.15, 0.2) is 0 Å². The van der Waals surface area contributed by atoms with E-state index in [0.717, 1.165) is 0 Å². The van der Waals surface area contributed by atoms with E-state index in [1.807, 2.05) is 0 Å². The van der Waals surface area contributed by atoms with E-state index < -0.39 is 11.5 Å². The molecule has 0 atom stereocenters. The number of allylic oxidation sites excluding steroid dienone is 4. The number of carbonyl (C=O) groups excluding carboxylic acids is 3. The van der Waals surface area contributed by atoms with Crippen molar-refractivity contribution in [2.24, 2.45) is 0 Å². The van der Waals surface area contributed by atoms with Gasteiger partial charge in [-0.15, -0.1) is 0 Å². The van der Waals surface area contributed by atoms with Crippen LogP contribution in [-0.4, -0.2) is 14.4 Å². The molecule has 0 N–H and O–H groups in total. The van der Waals surface area contributed by atoms with Gasteiger partial charge in [-0.05, 0) is 0 Å². The minimum atomic E-state index is -3.42. The van der Waals surface area contributed by atoms with E-state index >= 15 is 0 Å². The molecular formula is C8H5Mn2O3. The Balaban J connectivity index is 0.00000144. The van der Waals surface area contributed by atoms with E-state index in [1.165, 1.54) is 14.4 Å². The molecule has 1 radical (unpaired) electrons. The Morgan fingerprint density at radius 2 is 1.69 bits per heavy atom. The molecule has 0 saturated heterocycles. The molecule has 0 aromatic rings. The first kappa shape index (κ1) is 12.3. The normalized spacial score (nSPS) is 13.4. The predicted octanol–water partition coefficient (Wildman–Crippen LogP) is 0.183. The van der Waals surface area contributed by atoms with Crippen LogP contribution < -0.4 is 0 Å². The summed E-state index contributed by atoms with van der Waals surface area (Å²) in [6.45, 7) is 0. The largest absolute Gasteiger partial charge is 0 e. The van der Waals surface area contributed by atoms with Crippen LogP contribution >= 0.6 is 0 Å². The summed E-state index contributed by atoms with van der Waals surface area (Å²) in [4.78, 5) is 35.7. The smallest absolute Gasteiger partial charge is 0 e. The molecular weight excluding hydrogens is 254 g/mol. The van der Waals surface area contributed by atoms with E-state index in [-0.39, 0.29) is 17.1 Å². The van der Waals surface area contributed by atoms with E-state index in [2.05, 4.69) is 0 Å². The molecule has 0 heterocycles. The first-order chi connectivity index (χ1) is 5.79. The molecule has 1 rings (SSSR count). The summed E-state index contributed by atoms with van der Waals surface area (Å²) < 4.78 is 0.518. The third-order valence-electron chi connectivity index (χ3n) is 1.44. The van der Waals surface area contributed by atoms with Crippen molar-refractivity contribution in [2.45, 2.75) is 6.42 Å². The zero-order valence-electron chi connectivity index (χ0n) is 6.42. The monoisotopic (exact) mass is 259 g/mol. The molecule has 0 saturated carbocycles. The fraction of sp³-hybridized carbons (Fsp3) is 0.125. The Hall–Kier alpha value is -0.741. The van der Waals surface area contributed by atoms with Crippen molar-refractivity contribution in [3.8, 4) is 0 Å². The molecule has 1 aliphatic carbocycles. The summed E-state index contributed by atoms with van der Waals surface area (Å²) in [6, 6.07) is 0. The zero-order valence-corrected chi connectivity index (χ0v) is 8.78. The maximum Gasteiger partial charge on any atom is 0 e. The van der Waals surface area contributed by atoms with Crippen LogP contribution in [0, 0.1) is 0 Å². The second kappa shape index (κ2) is 5.09. The fourth-order valence-corrected chi connectivity index (χ4v) is 2.35. The van der Waals surface area contributed by atoms with Crippen molar-refractivity contribution < 1.29 is 43.0 Å². The van der Waals surface area contributed by atoms with Crippen molar-refractivity contribution >= 4 is 14.4 Å². The molecule has 5 heteroatoms. The zero-order chi connectivity index (χ0) is 9.03. The summed E-state index contributed by atoms with van der Waals surface area (Å²) in [5.41, 5.74) is 0. The summed E-state index contributed by atoms with van der Waals surface area (Å²) in [6.07, 6.45) is 5.52. The van der Waals surface area contributed by atoms with Crippen LogP contribution in [0.4, 0.5) is 0 Å². The van der Waals surface area contributed by atoms with Gasteiger partial charge in [0.1, 0.15) is 0 Å². The van der Waals surface area contributed by atoms with Gasteiger partial charge in [0, 0.05) is 17.1 Å². The van der Waals surface area contributed by atoms with Crippen molar-refractivity contribution in [1.29, 1.82) is 0 Å². The van der Waals surface area contributed by atoms with Crippen LogP contribution in [0.2, 0.25) is 0 Å². The molecule has 0 unspecified atom stereocenters. The quantitative estimate of drug-likeness (QED) is 0.631. The van der Waals surface area contributed by atoms with Gasteiger partial charge in [-0.25, -0.2) is 0 Å². The molecule has 69 valence electrons. The molecule has 0 fully saturated rings. The summed E-state index contributed by atoms with van der Waals surface area (Å²) in [5, 5.41) is 0. The first-order valence-electron chi connectivity index (χ1n) is 3.09. The Labute approximate surface area is 86.5 Å². The van der Waals surface area contributed by atoms with E-state index in [9.17, 15) is 14.4 Å². The topological polar surface area (TPSA) is 51.2 Å². The van der Waals surface area contributed by atoms with E-state index in [0.29, 0.717) is 10.9 Å².